The number of benzene rings is 1. The van der Waals surface area contributed by atoms with Crippen LogP contribution in [-0.4, -0.2) is 25.8 Å². The molecule has 1 aromatic rings. The molecule has 0 saturated carbocycles. The third-order valence-corrected chi connectivity index (χ3v) is 3.42. The predicted octanol–water partition coefficient (Wildman–Crippen LogP) is 3.20. The maximum atomic E-state index is 12.5. The number of hydrogen-bond acceptors (Lipinski definition) is 4. The number of ether oxygens (including phenoxy) is 2. The lowest BCUT2D eigenvalue weighted by molar-refractivity contribution is 0.0978. The van der Waals surface area contributed by atoms with Gasteiger partial charge >= 0.3 is 0 Å². The Morgan fingerprint density at radius 1 is 1.10 bits per heavy atom. The lowest BCUT2D eigenvalue weighted by Crippen LogP contribution is -2.18. The van der Waals surface area contributed by atoms with Gasteiger partial charge in [-0.2, -0.15) is 0 Å². The minimum Gasteiger partial charge on any atom is -0.497 e. The molecule has 1 aliphatic carbocycles. The van der Waals surface area contributed by atoms with E-state index in [0.29, 0.717) is 34.6 Å². The molecule has 0 amide bonds. The van der Waals surface area contributed by atoms with Gasteiger partial charge in [-0.1, -0.05) is 13.3 Å². The van der Waals surface area contributed by atoms with Crippen LogP contribution in [-0.2, 0) is 0 Å². The van der Waals surface area contributed by atoms with Crippen LogP contribution in [0.15, 0.2) is 23.8 Å². The Morgan fingerprint density at radius 3 is 2.45 bits per heavy atom. The van der Waals surface area contributed by atoms with Crippen LogP contribution >= 0.6 is 0 Å². The van der Waals surface area contributed by atoms with Gasteiger partial charge < -0.3 is 9.47 Å². The number of rotatable bonds is 5. The molecule has 0 aromatic heterocycles. The lowest BCUT2D eigenvalue weighted by Gasteiger charge is -2.18. The molecule has 0 radical (unpaired) electrons. The zero-order valence-electron chi connectivity index (χ0n) is 12.0. The minimum absolute atomic E-state index is 0.106. The fourth-order valence-corrected chi connectivity index (χ4v) is 2.32. The van der Waals surface area contributed by atoms with Crippen LogP contribution < -0.4 is 9.47 Å². The molecule has 106 valence electrons. The molecule has 0 saturated heterocycles. The fraction of sp³-hybridized carbons (Fsp3) is 0.375. The van der Waals surface area contributed by atoms with Crippen molar-refractivity contribution in [2.75, 3.05) is 14.2 Å². The molecule has 20 heavy (non-hydrogen) atoms. The maximum absolute atomic E-state index is 12.5. The first-order valence-corrected chi connectivity index (χ1v) is 6.68. The number of fused-ring (bicyclic) bond motifs is 1. The first-order valence-electron chi connectivity index (χ1n) is 6.68. The highest BCUT2D eigenvalue weighted by Crippen LogP contribution is 2.34. The molecule has 4 heteroatoms. The summed E-state index contributed by atoms with van der Waals surface area (Å²) in [5, 5.41) is 0. The van der Waals surface area contributed by atoms with Gasteiger partial charge in [0.05, 0.1) is 19.8 Å². The van der Waals surface area contributed by atoms with E-state index in [0.717, 1.165) is 12.8 Å². The molecule has 0 bridgehead atoms. The Hall–Kier alpha value is -2.10. The summed E-state index contributed by atoms with van der Waals surface area (Å²) >= 11 is 0. The van der Waals surface area contributed by atoms with E-state index in [1.807, 2.05) is 0 Å². The van der Waals surface area contributed by atoms with Crippen molar-refractivity contribution < 1.29 is 19.1 Å². The highest BCUT2D eigenvalue weighted by molar-refractivity contribution is 6.25. The van der Waals surface area contributed by atoms with E-state index < -0.39 is 0 Å². The molecule has 0 spiro atoms. The zero-order chi connectivity index (χ0) is 14.7. The van der Waals surface area contributed by atoms with E-state index in [9.17, 15) is 9.59 Å². The highest BCUT2D eigenvalue weighted by atomic mass is 16.5. The van der Waals surface area contributed by atoms with Crippen LogP contribution in [0, 0.1) is 0 Å². The van der Waals surface area contributed by atoms with Crippen LogP contribution in [0.4, 0.5) is 0 Å². The summed E-state index contributed by atoms with van der Waals surface area (Å²) in [5.41, 5.74) is 1.28. The third kappa shape index (κ3) is 2.46. The molecular weight excluding hydrogens is 256 g/mol. The molecule has 2 rings (SSSR count). The summed E-state index contributed by atoms with van der Waals surface area (Å²) in [4.78, 5) is 24.7. The summed E-state index contributed by atoms with van der Waals surface area (Å²) in [6, 6.07) is 3.23. The van der Waals surface area contributed by atoms with Crippen molar-refractivity contribution in [2.24, 2.45) is 0 Å². The number of Topliss-reactive ketones (excluding diaryl/α,β-unsaturated/α-hetero) is 1. The van der Waals surface area contributed by atoms with Gasteiger partial charge in [0.1, 0.15) is 11.5 Å². The van der Waals surface area contributed by atoms with Crippen molar-refractivity contribution in [3.05, 3.63) is 34.9 Å². The highest BCUT2D eigenvalue weighted by Gasteiger charge is 2.29. The van der Waals surface area contributed by atoms with E-state index in [2.05, 4.69) is 6.92 Å². The molecule has 4 nitrogen and oxygen atoms in total. The molecule has 0 unspecified atom stereocenters. The second-order valence-electron chi connectivity index (χ2n) is 4.72. The van der Waals surface area contributed by atoms with Crippen LogP contribution in [0.2, 0.25) is 0 Å². The number of methoxy groups -OCH3 is 2. The van der Waals surface area contributed by atoms with Gasteiger partial charge in [-0.15, -0.1) is 0 Å². The fourth-order valence-electron chi connectivity index (χ4n) is 2.32. The summed E-state index contributed by atoms with van der Waals surface area (Å²) in [6.45, 7) is 2.05. The summed E-state index contributed by atoms with van der Waals surface area (Å²) in [7, 11) is 2.99. The van der Waals surface area contributed by atoms with E-state index in [4.69, 9.17) is 9.47 Å². The standard InChI is InChI=1S/C16H18O4/c1-4-5-6-10-7-13(17)15-12(16(10)18)8-11(19-2)9-14(15)20-3/h7-9H,4-6H2,1-3H3. The van der Waals surface area contributed by atoms with Gasteiger partial charge in [0.15, 0.2) is 11.6 Å². The number of unbranched alkanes of at least 4 members (excludes halogenated alkanes) is 1. The van der Waals surface area contributed by atoms with Gasteiger partial charge in [0.25, 0.3) is 0 Å². The van der Waals surface area contributed by atoms with E-state index in [1.54, 1.807) is 12.1 Å². The van der Waals surface area contributed by atoms with Crippen LogP contribution in [0.1, 0.15) is 46.9 Å². The summed E-state index contributed by atoms with van der Waals surface area (Å²) in [6.07, 6.45) is 3.93. The Kier molecular flexibility index (Phi) is 4.23. The van der Waals surface area contributed by atoms with Crippen LogP contribution in [0.3, 0.4) is 0 Å². The molecule has 0 N–H and O–H groups in total. The second kappa shape index (κ2) is 5.90. The lowest BCUT2D eigenvalue weighted by atomic mass is 9.86. The second-order valence-corrected chi connectivity index (χ2v) is 4.72. The Labute approximate surface area is 118 Å². The molecule has 0 atom stereocenters. The molecule has 0 fully saturated rings. The van der Waals surface area contributed by atoms with E-state index >= 15 is 0 Å². The number of hydrogen-bond donors (Lipinski definition) is 0. The molecule has 0 heterocycles. The first kappa shape index (κ1) is 14.3. The number of ketones is 2. The minimum atomic E-state index is -0.176. The normalized spacial score (nSPS) is 13.8. The average Bonchev–Trinajstić information content (AvgIpc) is 2.47. The molecule has 1 aromatic carbocycles. The Bertz CT molecular complexity index is 584. The summed E-state index contributed by atoms with van der Waals surface area (Å²) in [5.74, 6) is 0.609. The largest absolute Gasteiger partial charge is 0.497 e. The third-order valence-electron chi connectivity index (χ3n) is 3.42. The van der Waals surface area contributed by atoms with Crippen molar-refractivity contribution >= 4 is 11.6 Å². The zero-order valence-corrected chi connectivity index (χ0v) is 12.0. The van der Waals surface area contributed by atoms with Gasteiger partial charge in [-0.25, -0.2) is 0 Å². The van der Waals surface area contributed by atoms with Gasteiger partial charge in [0, 0.05) is 17.2 Å². The van der Waals surface area contributed by atoms with Crippen molar-refractivity contribution in [2.45, 2.75) is 26.2 Å². The maximum Gasteiger partial charge on any atom is 0.190 e. The number of allylic oxidation sites excluding steroid dienone is 2. The van der Waals surface area contributed by atoms with Crippen molar-refractivity contribution in [3.63, 3.8) is 0 Å². The SMILES string of the molecule is CCCCC1=CC(=O)c2c(OC)cc(OC)cc2C1=O. The quantitative estimate of drug-likeness (QED) is 0.827. The van der Waals surface area contributed by atoms with Crippen LogP contribution in [0.5, 0.6) is 11.5 Å². The molecular formula is C16H18O4. The molecule has 0 aliphatic heterocycles. The van der Waals surface area contributed by atoms with Crippen LogP contribution in [0.25, 0.3) is 0 Å². The topological polar surface area (TPSA) is 52.6 Å². The number of carbonyl (C=O) groups excluding carboxylic acids is 2. The van der Waals surface area contributed by atoms with Crippen molar-refractivity contribution in [1.29, 1.82) is 0 Å². The van der Waals surface area contributed by atoms with E-state index in [-0.39, 0.29) is 11.6 Å². The summed E-state index contributed by atoms with van der Waals surface area (Å²) < 4.78 is 10.4. The van der Waals surface area contributed by atoms with Crippen molar-refractivity contribution in [1.82, 2.24) is 0 Å². The van der Waals surface area contributed by atoms with Crippen molar-refractivity contribution in [3.8, 4) is 11.5 Å². The van der Waals surface area contributed by atoms with Gasteiger partial charge in [0.2, 0.25) is 0 Å². The Balaban J connectivity index is 2.51. The first-order chi connectivity index (χ1) is 9.62. The van der Waals surface area contributed by atoms with Gasteiger partial charge in [-0.05, 0) is 25.0 Å². The predicted molar refractivity (Wildman–Crippen MR) is 75.8 cm³/mol. The average molecular weight is 274 g/mol. The molecule has 1 aliphatic rings. The van der Waals surface area contributed by atoms with Gasteiger partial charge in [-0.3, -0.25) is 9.59 Å². The van der Waals surface area contributed by atoms with E-state index in [1.165, 1.54) is 20.3 Å². The Morgan fingerprint density at radius 2 is 1.85 bits per heavy atom. The smallest absolute Gasteiger partial charge is 0.190 e. The number of carbonyl (C=O) groups is 2. The monoisotopic (exact) mass is 274 g/mol.